The second-order valence-corrected chi connectivity index (χ2v) is 6.27. The molecule has 0 heterocycles. The van der Waals surface area contributed by atoms with E-state index in [4.69, 9.17) is 25.8 Å². The minimum Gasteiger partial charge on any atom is -0.497 e. The number of nitrogens with one attached hydrogen (secondary N) is 1. The van der Waals surface area contributed by atoms with E-state index in [1.54, 1.807) is 38.3 Å². The van der Waals surface area contributed by atoms with E-state index in [0.717, 1.165) is 5.56 Å². The largest absolute Gasteiger partial charge is 0.497 e. The molecule has 0 fully saturated rings. The molecule has 0 bridgehead atoms. The third kappa shape index (κ3) is 6.03. The van der Waals surface area contributed by atoms with Gasteiger partial charge in [0.1, 0.15) is 11.5 Å². The predicted octanol–water partition coefficient (Wildman–Crippen LogP) is 3.79. The van der Waals surface area contributed by atoms with Gasteiger partial charge in [0, 0.05) is 16.7 Å². The van der Waals surface area contributed by atoms with Crippen molar-refractivity contribution >= 4 is 29.6 Å². The number of ether oxygens (including phenoxy) is 3. The van der Waals surface area contributed by atoms with Gasteiger partial charge in [-0.1, -0.05) is 29.8 Å². The van der Waals surface area contributed by atoms with Crippen LogP contribution in [0.5, 0.6) is 11.5 Å². The zero-order valence-corrected chi connectivity index (χ0v) is 16.7. The predicted molar refractivity (Wildman–Crippen MR) is 108 cm³/mol. The summed E-state index contributed by atoms with van der Waals surface area (Å²) in [7, 11) is 3.08. The minimum absolute atomic E-state index is 0.309. The Morgan fingerprint density at radius 3 is 2.57 bits per heavy atom. The summed E-state index contributed by atoms with van der Waals surface area (Å²) in [6.45, 7) is 1.41. The molecule has 28 heavy (non-hydrogen) atoms. The topological polar surface area (TPSA) is 73.9 Å². The highest BCUT2D eigenvalue weighted by atomic mass is 35.5. The van der Waals surface area contributed by atoms with Gasteiger partial charge in [-0.05, 0) is 42.8 Å². The highest BCUT2D eigenvalue weighted by Crippen LogP contribution is 2.25. The number of carbonyl (C=O) groups excluding carboxylic acids is 2. The van der Waals surface area contributed by atoms with Crippen LogP contribution < -0.4 is 14.8 Å². The molecule has 0 spiro atoms. The third-order valence-corrected chi connectivity index (χ3v) is 4.27. The van der Waals surface area contributed by atoms with Gasteiger partial charge >= 0.3 is 5.97 Å². The van der Waals surface area contributed by atoms with E-state index in [9.17, 15) is 9.59 Å². The lowest BCUT2D eigenvalue weighted by molar-refractivity contribution is -0.144. The number of hydrogen-bond acceptors (Lipinski definition) is 5. The van der Waals surface area contributed by atoms with E-state index in [-0.39, 0.29) is 6.04 Å². The average Bonchev–Trinajstić information content (AvgIpc) is 2.70. The van der Waals surface area contributed by atoms with Gasteiger partial charge in [-0.3, -0.25) is 4.79 Å². The molecule has 2 aromatic carbocycles. The Morgan fingerprint density at radius 1 is 1.14 bits per heavy atom. The van der Waals surface area contributed by atoms with Gasteiger partial charge in [-0.2, -0.15) is 0 Å². The molecule has 148 valence electrons. The number of amides is 1. The number of esters is 1. The molecule has 0 aliphatic carbocycles. The number of halogens is 1. The first-order valence-electron chi connectivity index (χ1n) is 8.55. The van der Waals surface area contributed by atoms with Crippen LogP contribution >= 0.6 is 11.6 Å². The van der Waals surface area contributed by atoms with Crippen LogP contribution in [0.4, 0.5) is 0 Å². The lowest BCUT2D eigenvalue weighted by atomic mass is 10.1. The maximum atomic E-state index is 12.0. The zero-order chi connectivity index (χ0) is 20.5. The molecular formula is C21H22ClNO5. The number of methoxy groups -OCH3 is 2. The molecule has 7 heteroatoms. The fourth-order valence-corrected chi connectivity index (χ4v) is 2.80. The Hall–Kier alpha value is -2.99. The Bertz CT molecular complexity index is 866. The summed E-state index contributed by atoms with van der Waals surface area (Å²) in [4.78, 5) is 23.9. The standard InChI is InChI=1S/C21H22ClNO5/c1-14(17-6-4-5-7-18(17)22)23-20(24)13-28-21(25)11-8-15-12-16(26-2)9-10-19(15)27-3/h4-12,14H,13H2,1-3H3,(H,23,24)/b11-8+/t14-/m0/s1. The summed E-state index contributed by atoms with van der Waals surface area (Å²) in [5.41, 5.74) is 1.43. The van der Waals surface area contributed by atoms with Gasteiger partial charge in [0.15, 0.2) is 6.61 Å². The first kappa shape index (κ1) is 21.3. The summed E-state index contributed by atoms with van der Waals surface area (Å²) < 4.78 is 15.4. The van der Waals surface area contributed by atoms with Gasteiger partial charge in [0.2, 0.25) is 0 Å². The lowest BCUT2D eigenvalue weighted by Gasteiger charge is -2.15. The molecule has 1 amide bonds. The normalized spacial score (nSPS) is 11.7. The van der Waals surface area contributed by atoms with E-state index in [0.29, 0.717) is 22.1 Å². The Labute approximate surface area is 169 Å². The second kappa shape index (κ2) is 10.4. The number of hydrogen-bond donors (Lipinski definition) is 1. The summed E-state index contributed by atoms with van der Waals surface area (Å²) in [5.74, 6) is 0.136. The van der Waals surface area contributed by atoms with E-state index in [2.05, 4.69) is 5.32 Å². The Balaban J connectivity index is 1.89. The zero-order valence-electron chi connectivity index (χ0n) is 15.9. The second-order valence-electron chi connectivity index (χ2n) is 5.86. The summed E-state index contributed by atoms with van der Waals surface area (Å²) >= 11 is 6.11. The van der Waals surface area contributed by atoms with Gasteiger partial charge in [0.25, 0.3) is 5.91 Å². The molecule has 0 radical (unpaired) electrons. The summed E-state index contributed by atoms with van der Waals surface area (Å²) in [6.07, 6.45) is 2.76. The lowest BCUT2D eigenvalue weighted by Crippen LogP contribution is -2.31. The molecule has 0 aromatic heterocycles. The third-order valence-electron chi connectivity index (χ3n) is 3.93. The van der Waals surface area contributed by atoms with Crippen molar-refractivity contribution in [3.63, 3.8) is 0 Å². The van der Waals surface area contributed by atoms with Crippen molar-refractivity contribution in [2.75, 3.05) is 20.8 Å². The van der Waals surface area contributed by atoms with Crippen LogP contribution in [0.15, 0.2) is 48.5 Å². The summed E-state index contributed by atoms with van der Waals surface area (Å²) in [6, 6.07) is 12.1. The van der Waals surface area contributed by atoms with Crippen LogP contribution in [0.25, 0.3) is 6.08 Å². The van der Waals surface area contributed by atoms with Crippen LogP contribution in [0.1, 0.15) is 24.1 Å². The maximum absolute atomic E-state index is 12.0. The number of rotatable bonds is 8. The smallest absolute Gasteiger partial charge is 0.331 e. The highest BCUT2D eigenvalue weighted by molar-refractivity contribution is 6.31. The van der Waals surface area contributed by atoms with Crippen LogP contribution in [0.3, 0.4) is 0 Å². The minimum atomic E-state index is -0.648. The van der Waals surface area contributed by atoms with Gasteiger partial charge in [-0.15, -0.1) is 0 Å². The number of carbonyl (C=O) groups is 2. The van der Waals surface area contributed by atoms with Crippen LogP contribution in [0.2, 0.25) is 5.02 Å². The molecule has 2 aromatic rings. The maximum Gasteiger partial charge on any atom is 0.331 e. The van der Waals surface area contributed by atoms with E-state index in [1.165, 1.54) is 19.3 Å². The summed E-state index contributed by atoms with van der Waals surface area (Å²) in [5, 5.41) is 3.30. The molecule has 0 unspecified atom stereocenters. The molecule has 0 aliphatic heterocycles. The first-order valence-corrected chi connectivity index (χ1v) is 8.93. The first-order chi connectivity index (χ1) is 13.4. The fraction of sp³-hybridized carbons (Fsp3) is 0.238. The molecule has 0 aliphatic rings. The van der Waals surface area contributed by atoms with Crippen molar-refractivity contribution in [2.24, 2.45) is 0 Å². The van der Waals surface area contributed by atoms with Gasteiger partial charge in [-0.25, -0.2) is 4.79 Å². The van der Waals surface area contributed by atoms with Crippen LogP contribution in [-0.2, 0) is 14.3 Å². The molecule has 2 rings (SSSR count). The monoisotopic (exact) mass is 403 g/mol. The SMILES string of the molecule is COc1ccc(OC)c(/C=C/C(=O)OCC(=O)N[C@@H](C)c2ccccc2Cl)c1. The van der Waals surface area contributed by atoms with Gasteiger partial charge < -0.3 is 19.5 Å². The van der Waals surface area contributed by atoms with E-state index in [1.807, 2.05) is 18.2 Å². The quantitative estimate of drug-likeness (QED) is 0.536. The molecule has 1 N–H and O–H groups in total. The van der Waals surface area contributed by atoms with Crippen molar-refractivity contribution in [3.05, 3.63) is 64.7 Å². The van der Waals surface area contributed by atoms with Gasteiger partial charge in [0.05, 0.1) is 20.3 Å². The molecule has 6 nitrogen and oxygen atoms in total. The Kier molecular flexibility index (Phi) is 7.89. The van der Waals surface area contributed by atoms with Crippen molar-refractivity contribution in [1.29, 1.82) is 0 Å². The van der Waals surface area contributed by atoms with Crippen molar-refractivity contribution in [1.82, 2.24) is 5.32 Å². The van der Waals surface area contributed by atoms with Crippen LogP contribution in [-0.4, -0.2) is 32.7 Å². The molecular weight excluding hydrogens is 382 g/mol. The van der Waals surface area contributed by atoms with Crippen molar-refractivity contribution < 1.29 is 23.8 Å². The van der Waals surface area contributed by atoms with E-state index < -0.39 is 18.5 Å². The highest BCUT2D eigenvalue weighted by Gasteiger charge is 2.13. The van der Waals surface area contributed by atoms with E-state index >= 15 is 0 Å². The molecule has 1 atom stereocenters. The molecule has 0 saturated heterocycles. The van der Waals surface area contributed by atoms with Crippen molar-refractivity contribution in [3.8, 4) is 11.5 Å². The van der Waals surface area contributed by atoms with Crippen LogP contribution in [0, 0.1) is 0 Å². The van der Waals surface area contributed by atoms with Crippen molar-refractivity contribution in [2.45, 2.75) is 13.0 Å². The Morgan fingerprint density at radius 2 is 1.89 bits per heavy atom. The fourth-order valence-electron chi connectivity index (χ4n) is 2.50. The molecule has 0 saturated carbocycles. The number of benzene rings is 2. The average molecular weight is 404 g/mol.